The quantitative estimate of drug-likeness (QED) is 0.152. The number of hydrogen-bond acceptors (Lipinski definition) is 4. The van der Waals surface area contributed by atoms with Gasteiger partial charge in [-0.1, -0.05) is 182 Å². The molecule has 0 unspecified atom stereocenters. The van der Waals surface area contributed by atoms with E-state index in [0.29, 0.717) is 0 Å². The first-order chi connectivity index (χ1) is 41.7. The van der Waals surface area contributed by atoms with E-state index in [9.17, 15) is 0 Å². The highest BCUT2D eigenvalue weighted by Crippen LogP contribution is 2.50. The molecule has 6 heterocycles. The lowest BCUT2D eigenvalue weighted by molar-refractivity contribution is 0.668. The zero-order valence-electron chi connectivity index (χ0n) is 45.2. The van der Waals surface area contributed by atoms with E-state index in [4.69, 9.17) is 8.83 Å². The number of rotatable bonds is 8. The number of hydrogen-bond donors (Lipinski definition) is 0. The van der Waals surface area contributed by atoms with Crippen molar-refractivity contribution in [2.75, 3.05) is 9.80 Å². The second kappa shape index (κ2) is 17.1. The predicted molar refractivity (Wildman–Crippen MR) is 351 cm³/mol. The van der Waals surface area contributed by atoms with Gasteiger partial charge in [-0.3, -0.25) is 0 Å². The van der Waals surface area contributed by atoms with Gasteiger partial charge in [0.15, 0.2) is 11.2 Å². The molecule has 0 fully saturated rings. The van der Waals surface area contributed by atoms with Crippen LogP contribution < -0.4 is 9.80 Å². The van der Waals surface area contributed by atoms with Gasteiger partial charge in [-0.05, 0) is 119 Å². The molecule has 0 saturated carbocycles. The minimum atomic E-state index is 0.868. The average Bonchev–Trinajstić information content (AvgIpc) is 3.28. The maximum atomic E-state index is 6.61. The van der Waals surface area contributed by atoms with Crippen LogP contribution in [0, 0.1) is 0 Å². The van der Waals surface area contributed by atoms with E-state index in [1.54, 1.807) is 0 Å². The fourth-order valence-corrected chi connectivity index (χ4v) is 14.4. The molecule has 0 amide bonds. The molecule has 0 N–H and O–H groups in total. The molecule has 0 atom stereocenters. The van der Waals surface area contributed by atoms with Crippen molar-refractivity contribution >= 4 is 154 Å². The van der Waals surface area contributed by atoms with Crippen LogP contribution in [0.1, 0.15) is 0 Å². The average molecular weight is 1070 g/mol. The van der Waals surface area contributed by atoms with E-state index >= 15 is 0 Å². The summed E-state index contributed by atoms with van der Waals surface area (Å²) >= 11 is 0. The molecule has 6 aromatic heterocycles. The van der Waals surface area contributed by atoms with Crippen molar-refractivity contribution in [3.8, 4) is 22.3 Å². The highest BCUT2D eigenvalue weighted by Gasteiger charge is 2.26. The van der Waals surface area contributed by atoms with Crippen molar-refractivity contribution in [3.05, 3.63) is 279 Å². The van der Waals surface area contributed by atoms with Crippen LogP contribution >= 0.6 is 0 Å². The molecule has 0 radical (unpaired) electrons. The minimum absolute atomic E-state index is 0.868. The summed E-state index contributed by atoms with van der Waals surface area (Å²) in [6, 6.07) is 101. The molecule has 390 valence electrons. The van der Waals surface area contributed by atoms with Gasteiger partial charge in [0.25, 0.3) is 0 Å². The SMILES string of the molecule is c1ccc(N(c2ccc(-c3cccc4c3c3cccc5c6cc7c(cc6n4c53)c3cccc4c5c(-c6ccc(N(c8ccccc8)c8cccc9c8oc8ccccc89)cc6)cccc5n7c34)cc2)c2cccc3c2oc2ccccc23)cc1. The largest absolute Gasteiger partial charge is 0.454 e. The van der Waals surface area contributed by atoms with E-state index in [1.807, 2.05) is 24.3 Å². The first kappa shape index (κ1) is 45.4. The van der Waals surface area contributed by atoms with Gasteiger partial charge < -0.3 is 27.4 Å². The normalized spacial score (nSPS) is 12.3. The van der Waals surface area contributed by atoms with Crippen molar-refractivity contribution < 1.29 is 8.83 Å². The Morgan fingerprint density at radius 2 is 0.607 bits per heavy atom. The van der Waals surface area contributed by atoms with Crippen LogP contribution in [0.15, 0.2) is 288 Å². The highest BCUT2D eigenvalue weighted by molar-refractivity contribution is 6.31. The third-order valence-corrected chi connectivity index (χ3v) is 18.0. The van der Waals surface area contributed by atoms with E-state index in [-0.39, 0.29) is 0 Å². The van der Waals surface area contributed by atoms with E-state index in [1.165, 1.54) is 87.3 Å². The number of aromatic nitrogens is 2. The maximum absolute atomic E-state index is 6.61. The Morgan fingerprint density at radius 3 is 1.06 bits per heavy atom. The molecule has 19 rings (SSSR count). The maximum Gasteiger partial charge on any atom is 0.159 e. The second-order valence-corrected chi connectivity index (χ2v) is 22.3. The standard InChI is InChI=1S/C78H46N4O2/c1-3-17-49(18-4-1)79(67-33-15-27-59-55-21-7-9-35-71(55)83-77(59)67)51-41-37-47(38-42-51)53-23-13-31-65-73(53)61-29-11-25-57-63-46-70-64(45-69(63)81(65)75(57)61)58-26-12-30-62-74-54(24-14-32-66(74)82(70)76(58)62)48-39-43-52(44-40-48)80(50-19-5-2-6-20-50)68-34-16-28-60-56-22-8-10-36-72(56)84-78(60)68/h1-46H. The van der Waals surface area contributed by atoms with Gasteiger partial charge in [-0.25, -0.2) is 0 Å². The molecule has 19 aromatic rings. The molecule has 0 saturated heterocycles. The zero-order chi connectivity index (χ0) is 54.7. The van der Waals surface area contributed by atoms with Crippen LogP contribution in [-0.2, 0) is 0 Å². The van der Waals surface area contributed by atoms with Crippen LogP contribution in [0.25, 0.3) is 142 Å². The van der Waals surface area contributed by atoms with Gasteiger partial charge in [0.05, 0.1) is 44.5 Å². The zero-order valence-corrected chi connectivity index (χ0v) is 45.2. The summed E-state index contributed by atoms with van der Waals surface area (Å²) < 4.78 is 18.3. The van der Waals surface area contributed by atoms with Gasteiger partial charge in [-0.2, -0.15) is 0 Å². The first-order valence-electron chi connectivity index (χ1n) is 28.7. The van der Waals surface area contributed by atoms with Crippen molar-refractivity contribution in [2.24, 2.45) is 0 Å². The molecular weight excluding hydrogens is 1020 g/mol. The van der Waals surface area contributed by atoms with Crippen molar-refractivity contribution in [1.29, 1.82) is 0 Å². The van der Waals surface area contributed by atoms with Gasteiger partial charge in [0, 0.05) is 87.4 Å². The topological polar surface area (TPSA) is 41.6 Å². The van der Waals surface area contributed by atoms with E-state index in [0.717, 1.165) is 89.1 Å². The van der Waals surface area contributed by atoms with Crippen molar-refractivity contribution in [3.63, 3.8) is 0 Å². The Labute approximate surface area is 480 Å². The lowest BCUT2D eigenvalue weighted by Crippen LogP contribution is -2.10. The van der Waals surface area contributed by atoms with E-state index < -0.39 is 0 Å². The molecule has 0 aliphatic rings. The molecule has 0 aliphatic carbocycles. The summed E-state index contributed by atoms with van der Waals surface area (Å²) in [5.41, 5.74) is 21.8. The van der Waals surface area contributed by atoms with Crippen molar-refractivity contribution in [1.82, 2.24) is 8.80 Å². The second-order valence-electron chi connectivity index (χ2n) is 22.3. The first-order valence-corrected chi connectivity index (χ1v) is 28.7. The van der Waals surface area contributed by atoms with Crippen LogP contribution in [0.5, 0.6) is 0 Å². The number of anilines is 6. The molecule has 0 aliphatic heterocycles. The molecule has 13 aromatic carbocycles. The fourth-order valence-electron chi connectivity index (χ4n) is 14.4. The molecule has 84 heavy (non-hydrogen) atoms. The summed E-state index contributed by atoms with van der Waals surface area (Å²) in [7, 11) is 0. The Balaban J connectivity index is 0.733. The smallest absolute Gasteiger partial charge is 0.159 e. The third kappa shape index (κ3) is 6.23. The molecule has 6 nitrogen and oxygen atoms in total. The number of benzene rings is 13. The summed E-state index contributed by atoms with van der Waals surface area (Å²) in [5.74, 6) is 0. The summed E-state index contributed by atoms with van der Waals surface area (Å²) in [6.45, 7) is 0. The van der Waals surface area contributed by atoms with Crippen LogP contribution in [0.3, 0.4) is 0 Å². The Morgan fingerprint density at radius 1 is 0.250 bits per heavy atom. The number of furan rings is 2. The lowest BCUT2D eigenvalue weighted by atomic mass is 9.97. The lowest BCUT2D eigenvalue weighted by Gasteiger charge is -2.25. The minimum Gasteiger partial charge on any atom is -0.454 e. The van der Waals surface area contributed by atoms with Crippen LogP contribution in [0.2, 0.25) is 0 Å². The van der Waals surface area contributed by atoms with Gasteiger partial charge in [0.1, 0.15) is 11.2 Å². The Kier molecular flexibility index (Phi) is 9.24. The Bertz CT molecular complexity index is 5490. The van der Waals surface area contributed by atoms with Gasteiger partial charge in [-0.15, -0.1) is 0 Å². The summed E-state index contributed by atoms with van der Waals surface area (Å²) in [6.07, 6.45) is 0. The molecule has 6 heteroatoms. The molecular formula is C78H46N4O2. The van der Waals surface area contributed by atoms with Gasteiger partial charge >= 0.3 is 0 Å². The third-order valence-electron chi connectivity index (χ3n) is 18.0. The predicted octanol–water partition coefficient (Wildman–Crippen LogP) is 22.1. The summed E-state index contributed by atoms with van der Waals surface area (Å²) in [4.78, 5) is 4.62. The van der Waals surface area contributed by atoms with Crippen molar-refractivity contribution in [2.45, 2.75) is 0 Å². The van der Waals surface area contributed by atoms with Crippen LogP contribution in [-0.4, -0.2) is 8.80 Å². The molecule has 0 spiro atoms. The number of para-hydroxylation sites is 8. The number of nitrogens with zero attached hydrogens (tertiary/aromatic N) is 4. The highest BCUT2D eigenvalue weighted by atomic mass is 16.3. The fraction of sp³-hybridized carbons (Fsp3) is 0. The van der Waals surface area contributed by atoms with E-state index in [2.05, 4.69) is 273 Å². The van der Waals surface area contributed by atoms with Gasteiger partial charge in [0.2, 0.25) is 0 Å². The van der Waals surface area contributed by atoms with Crippen LogP contribution in [0.4, 0.5) is 34.1 Å². The Hall–Kier alpha value is -11.3. The summed E-state index contributed by atoms with van der Waals surface area (Å²) in [5, 5.41) is 14.5. The monoisotopic (exact) mass is 1070 g/mol. The number of fused-ring (bicyclic) bond motifs is 18. The molecule has 0 bridgehead atoms.